The van der Waals surface area contributed by atoms with Crippen molar-refractivity contribution in [1.29, 1.82) is 0 Å². The molecular formula is C20H18N2O2S2. The maximum absolute atomic E-state index is 12.4. The SMILES string of the molecule is C#CCn1c(=NC(=O)Cc2ccc(SC)cc2)sc2cc(OC)ccc21. The molecule has 0 atom stereocenters. The molecule has 0 unspecified atom stereocenters. The number of methoxy groups -OCH3 is 1. The lowest BCUT2D eigenvalue weighted by atomic mass is 10.1. The molecule has 0 saturated heterocycles. The van der Waals surface area contributed by atoms with Gasteiger partial charge in [-0.3, -0.25) is 4.79 Å². The predicted molar refractivity (Wildman–Crippen MR) is 108 cm³/mol. The highest BCUT2D eigenvalue weighted by atomic mass is 32.2. The molecule has 3 aromatic rings. The van der Waals surface area contributed by atoms with Crippen molar-refractivity contribution < 1.29 is 9.53 Å². The van der Waals surface area contributed by atoms with E-state index in [-0.39, 0.29) is 12.3 Å². The fourth-order valence-electron chi connectivity index (χ4n) is 2.57. The summed E-state index contributed by atoms with van der Waals surface area (Å²) in [6.07, 6.45) is 7.79. The van der Waals surface area contributed by atoms with Gasteiger partial charge in [-0.1, -0.05) is 29.4 Å². The van der Waals surface area contributed by atoms with E-state index >= 15 is 0 Å². The molecule has 1 amide bonds. The number of rotatable bonds is 5. The summed E-state index contributed by atoms with van der Waals surface area (Å²) in [5.41, 5.74) is 1.90. The Morgan fingerprint density at radius 1 is 1.31 bits per heavy atom. The minimum atomic E-state index is -0.189. The number of fused-ring (bicyclic) bond motifs is 1. The summed E-state index contributed by atoms with van der Waals surface area (Å²) < 4.78 is 8.13. The molecule has 0 aliphatic heterocycles. The lowest BCUT2D eigenvalue weighted by molar-refractivity contribution is -0.117. The number of amides is 1. The molecule has 2 aromatic carbocycles. The number of carbonyl (C=O) groups is 1. The minimum absolute atomic E-state index is 0.189. The molecule has 1 aromatic heterocycles. The molecule has 0 aliphatic carbocycles. The number of hydrogen-bond acceptors (Lipinski definition) is 4. The number of nitrogens with zero attached hydrogens (tertiary/aromatic N) is 2. The Labute approximate surface area is 160 Å². The average Bonchev–Trinajstić information content (AvgIpc) is 2.98. The zero-order chi connectivity index (χ0) is 18.5. The molecule has 26 heavy (non-hydrogen) atoms. The van der Waals surface area contributed by atoms with Crippen LogP contribution in [0, 0.1) is 12.3 Å². The highest BCUT2D eigenvalue weighted by Gasteiger charge is 2.09. The fourth-order valence-corrected chi connectivity index (χ4v) is 4.06. The fraction of sp³-hybridized carbons (Fsp3) is 0.200. The summed E-state index contributed by atoms with van der Waals surface area (Å²) >= 11 is 3.11. The molecule has 0 spiro atoms. The van der Waals surface area contributed by atoms with Crippen molar-refractivity contribution in [2.45, 2.75) is 17.9 Å². The Morgan fingerprint density at radius 2 is 2.08 bits per heavy atom. The van der Waals surface area contributed by atoms with Gasteiger partial charge in [-0.2, -0.15) is 4.99 Å². The van der Waals surface area contributed by atoms with Crippen LogP contribution in [0.4, 0.5) is 0 Å². The summed E-state index contributed by atoms with van der Waals surface area (Å²) in [6, 6.07) is 13.7. The zero-order valence-corrected chi connectivity index (χ0v) is 16.2. The molecule has 0 radical (unpaired) electrons. The molecule has 0 bridgehead atoms. The van der Waals surface area contributed by atoms with E-state index in [0.29, 0.717) is 11.3 Å². The third kappa shape index (κ3) is 4.01. The molecule has 6 heteroatoms. The van der Waals surface area contributed by atoms with Crippen LogP contribution in [0.25, 0.3) is 10.2 Å². The van der Waals surface area contributed by atoms with Gasteiger partial charge >= 0.3 is 0 Å². The summed E-state index contributed by atoms with van der Waals surface area (Å²) in [5, 5.41) is 0. The van der Waals surface area contributed by atoms with Crippen molar-refractivity contribution in [2.24, 2.45) is 4.99 Å². The van der Waals surface area contributed by atoms with E-state index in [0.717, 1.165) is 21.5 Å². The Hall–Kier alpha value is -2.49. The number of ether oxygens (including phenoxy) is 1. The van der Waals surface area contributed by atoms with Crippen LogP contribution in [0.2, 0.25) is 0 Å². The third-order valence-electron chi connectivity index (χ3n) is 3.87. The molecule has 3 rings (SSSR count). The lowest BCUT2D eigenvalue weighted by Crippen LogP contribution is -2.17. The third-order valence-corrected chi connectivity index (χ3v) is 5.66. The number of terminal acetylenes is 1. The number of hydrogen-bond donors (Lipinski definition) is 0. The molecule has 4 nitrogen and oxygen atoms in total. The standard InChI is InChI=1S/C20H18N2O2S2/c1-4-11-22-17-10-7-15(24-2)13-18(17)26-20(22)21-19(23)12-14-5-8-16(25-3)9-6-14/h1,5-10,13H,11-12H2,2-3H3. The normalized spacial score (nSPS) is 11.5. The van der Waals surface area contributed by atoms with Crippen LogP contribution >= 0.6 is 23.1 Å². The number of thiazole rings is 1. The van der Waals surface area contributed by atoms with Gasteiger partial charge in [0.1, 0.15) is 5.75 Å². The first kappa shape index (κ1) is 18.3. The van der Waals surface area contributed by atoms with Gasteiger partial charge < -0.3 is 9.30 Å². The lowest BCUT2D eigenvalue weighted by Gasteiger charge is -2.02. The summed E-state index contributed by atoms with van der Waals surface area (Å²) in [7, 11) is 1.63. The first-order valence-corrected chi connectivity index (χ1v) is 10.00. The van der Waals surface area contributed by atoms with Crippen molar-refractivity contribution in [2.75, 3.05) is 13.4 Å². The number of benzene rings is 2. The van der Waals surface area contributed by atoms with Gasteiger partial charge in [0.15, 0.2) is 4.80 Å². The smallest absolute Gasteiger partial charge is 0.252 e. The molecular weight excluding hydrogens is 364 g/mol. The van der Waals surface area contributed by atoms with E-state index in [9.17, 15) is 4.79 Å². The van der Waals surface area contributed by atoms with Crippen LogP contribution in [0.15, 0.2) is 52.4 Å². The van der Waals surface area contributed by atoms with Crippen molar-refractivity contribution in [3.63, 3.8) is 0 Å². The van der Waals surface area contributed by atoms with E-state index in [1.54, 1.807) is 18.9 Å². The minimum Gasteiger partial charge on any atom is -0.497 e. The molecule has 0 N–H and O–H groups in total. The van der Waals surface area contributed by atoms with Crippen molar-refractivity contribution in [1.82, 2.24) is 4.57 Å². The first-order valence-electron chi connectivity index (χ1n) is 7.96. The molecule has 0 fully saturated rings. The molecule has 0 aliphatic rings. The van der Waals surface area contributed by atoms with Crippen LogP contribution < -0.4 is 9.54 Å². The largest absolute Gasteiger partial charge is 0.497 e. The maximum Gasteiger partial charge on any atom is 0.252 e. The van der Waals surface area contributed by atoms with Crippen molar-refractivity contribution in [3.05, 3.63) is 52.8 Å². The highest BCUT2D eigenvalue weighted by Crippen LogP contribution is 2.23. The van der Waals surface area contributed by atoms with Gasteiger partial charge in [-0.05, 0) is 42.2 Å². The van der Waals surface area contributed by atoms with Gasteiger partial charge in [0, 0.05) is 4.90 Å². The predicted octanol–water partition coefficient (Wildman–Crippen LogP) is 3.74. The van der Waals surface area contributed by atoms with Crippen LogP contribution in [0.1, 0.15) is 5.56 Å². The van der Waals surface area contributed by atoms with Gasteiger partial charge in [-0.25, -0.2) is 0 Å². The van der Waals surface area contributed by atoms with Crippen LogP contribution in [0.3, 0.4) is 0 Å². The average molecular weight is 383 g/mol. The molecule has 132 valence electrons. The second-order valence-electron chi connectivity index (χ2n) is 5.54. The van der Waals surface area contributed by atoms with Crippen LogP contribution in [0.5, 0.6) is 5.75 Å². The molecule has 0 saturated carbocycles. The van der Waals surface area contributed by atoms with Gasteiger partial charge in [-0.15, -0.1) is 18.2 Å². The van der Waals surface area contributed by atoms with E-state index < -0.39 is 0 Å². The highest BCUT2D eigenvalue weighted by molar-refractivity contribution is 7.98. The van der Waals surface area contributed by atoms with Gasteiger partial charge in [0.25, 0.3) is 5.91 Å². The Kier molecular flexibility index (Phi) is 5.82. The Bertz CT molecular complexity index is 1040. The van der Waals surface area contributed by atoms with Gasteiger partial charge in [0.2, 0.25) is 0 Å². The Morgan fingerprint density at radius 3 is 2.73 bits per heavy atom. The second kappa shape index (κ2) is 8.26. The van der Waals surface area contributed by atoms with E-state index in [4.69, 9.17) is 11.2 Å². The zero-order valence-electron chi connectivity index (χ0n) is 14.6. The first-order chi connectivity index (χ1) is 12.6. The number of thioether (sulfide) groups is 1. The van der Waals surface area contributed by atoms with Crippen molar-refractivity contribution >= 4 is 39.2 Å². The topological polar surface area (TPSA) is 43.6 Å². The second-order valence-corrected chi connectivity index (χ2v) is 7.43. The Balaban J connectivity index is 1.95. The van der Waals surface area contributed by atoms with Gasteiger partial charge in [0.05, 0.1) is 30.3 Å². The monoisotopic (exact) mass is 382 g/mol. The summed E-state index contributed by atoms with van der Waals surface area (Å²) in [6.45, 7) is 0.362. The molecule has 1 heterocycles. The van der Waals surface area contributed by atoms with Crippen LogP contribution in [-0.2, 0) is 17.8 Å². The van der Waals surface area contributed by atoms with Crippen LogP contribution in [-0.4, -0.2) is 23.8 Å². The quantitative estimate of drug-likeness (QED) is 0.499. The van der Waals surface area contributed by atoms with E-state index in [1.165, 1.54) is 16.2 Å². The summed E-state index contributed by atoms with van der Waals surface area (Å²) in [4.78, 5) is 18.5. The summed E-state index contributed by atoms with van der Waals surface area (Å²) in [5.74, 6) is 3.21. The number of carbonyl (C=O) groups excluding carboxylic acids is 1. The van der Waals surface area contributed by atoms with E-state index in [2.05, 4.69) is 10.9 Å². The van der Waals surface area contributed by atoms with Crippen molar-refractivity contribution in [3.8, 4) is 18.1 Å². The van der Waals surface area contributed by atoms with E-state index in [1.807, 2.05) is 53.3 Å². The number of aromatic nitrogens is 1. The maximum atomic E-state index is 12.4.